The third-order valence-electron chi connectivity index (χ3n) is 4.89. The van der Waals surface area contributed by atoms with Crippen LogP contribution in [0.3, 0.4) is 0 Å². The molecule has 0 spiro atoms. The maximum Gasteiger partial charge on any atom is 0.264 e. The van der Waals surface area contributed by atoms with Crippen LogP contribution in [0, 0.1) is 0 Å². The Kier molecular flexibility index (Phi) is 5.02. The van der Waals surface area contributed by atoms with Crippen molar-refractivity contribution in [3.63, 3.8) is 0 Å². The van der Waals surface area contributed by atoms with Crippen LogP contribution in [-0.4, -0.2) is 30.1 Å². The normalized spacial score (nSPS) is 19.7. The smallest absolute Gasteiger partial charge is 0.264 e. The van der Waals surface area contributed by atoms with Gasteiger partial charge in [-0.1, -0.05) is 34.1 Å². The van der Waals surface area contributed by atoms with Gasteiger partial charge in [0.05, 0.1) is 12.1 Å². The number of nitrogens with zero attached hydrogens (tertiary/aromatic N) is 1. The van der Waals surface area contributed by atoms with Gasteiger partial charge in [0.25, 0.3) is 5.91 Å². The van der Waals surface area contributed by atoms with E-state index in [0.717, 1.165) is 5.56 Å². The Labute approximate surface area is 176 Å². The third kappa shape index (κ3) is 3.47. The number of carbonyl (C=O) groups is 2. The summed E-state index contributed by atoms with van der Waals surface area (Å²) in [5, 5.41) is 11.2. The molecule has 2 aliphatic heterocycles. The van der Waals surface area contributed by atoms with Gasteiger partial charge < -0.3 is 19.5 Å². The third-order valence-corrected chi connectivity index (χ3v) is 5.39. The van der Waals surface area contributed by atoms with E-state index in [4.69, 9.17) is 9.47 Å². The summed E-state index contributed by atoms with van der Waals surface area (Å²) in [5.41, 5.74) is -0.182. The van der Waals surface area contributed by atoms with Crippen LogP contribution in [0.25, 0.3) is 6.08 Å². The fourth-order valence-corrected chi connectivity index (χ4v) is 3.88. The van der Waals surface area contributed by atoms with Gasteiger partial charge in [-0.05, 0) is 42.0 Å². The lowest BCUT2D eigenvalue weighted by Crippen LogP contribution is -2.41. The number of amides is 1. The summed E-state index contributed by atoms with van der Waals surface area (Å²) >= 11 is 3.37. The number of fused-ring (bicyclic) bond motifs is 2. The number of anilines is 1. The van der Waals surface area contributed by atoms with Gasteiger partial charge in [-0.3, -0.25) is 9.59 Å². The summed E-state index contributed by atoms with van der Waals surface area (Å²) in [4.78, 5) is 27.0. The Morgan fingerprint density at radius 1 is 1.24 bits per heavy atom. The SMILES string of the molecule is C=CCN1C(=O)C(O)(CC(=O)C=Cc2ccc3c(c2)OCO3)c2cc(Br)ccc21. The first-order valence-corrected chi connectivity index (χ1v) is 9.77. The number of hydrogen-bond acceptors (Lipinski definition) is 5. The van der Waals surface area contributed by atoms with Gasteiger partial charge in [0.1, 0.15) is 0 Å². The van der Waals surface area contributed by atoms with Gasteiger partial charge in [0, 0.05) is 16.6 Å². The second-order valence-electron chi connectivity index (χ2n) is 6.82. The van der Waals surface area contributed by atoms with E-state index in [-0.39, 0.29) is 25.5 Å². The quantitative estimate of drug-likeness (QED) is 0.532. The highest BCUT2D eigenvalue weighted by molar-refractivity contribution is 9.10. The van der Waals surface area contributed by atoms with Crippen molar-refractivity contribution in [2.24, 2.45) is 0 Å². The summed E-state index contributed by atoms with van der Waals surface area (Å²) in [7, 11) is 0. The Bertz CT molecular complexity index is 1050. The molecule has 2 aromatic carbocycles. The van der Waals surface area contributed by atoms with Gasteiger partial charge in [-0.25, -0.2) is 0 Å². The summed E-state index contributed by atoms with van der Waals surface area (Å²) in [6.45, 7) is 4.08. The lowest BCUT2D eigenvalue weighted by atomic mass is 9.89. The summed E-state index contributed by atoms with van der Waals surface area (Å²) in [6.07, 6.45) is 4.20. The second kappa shape index (κ2) is 7.50. The van der Waals surface area contributed by atoms with E-state index in [1.165, 1.54) is 11.0 Å². The van der Waals surface area contributed by atoms with Gasteiger partial charge in [0.15, 0.2) is 22.9 Å². The molecule has 0 aliphatic carbocycles. The molecule has 1 N–H and O–H groups in total. The molecule has 6 nitrogen and oxygen atoms in total. The van der Waals surface area contributed by atoms with Crippen molar-refractivity contribution < 1.29 is 24.2 Å². The maximum atomic E-state index is 12.9. The standard InChI is InChI=1S/C22H18BrNO5/c1-2-9-24-18-7-5-15(23)11-17(18)22(27,21(24)26)12-16(25)6-3-14-4-8-19-20(10-14)29-13-28-19/h2-8,10-11,27H,1,9,12-13H2. The first kappa shape index (κ1) is 19.4. The van der Waals surface area contributed by atoms with E-state index in [1.54, 1.807) is 48.6 Å². The molecule has 4 rings (SSSR count). The number of allylic oxidation sites excluding steroid dienone is 1. The van der Waals surface area contributed by atoms with Crippen molar-refractivity contribution in [2.75, 3.05) is 18.2 Å². The minimum Gasteiger partial charge on any atom is -0.454 e. The van der Waals surface area contributed by atoms with Crippen LogP contribution in [0.5, 0.6) is 11.5 Å². The van der Waals surface area contributed by atoms with Crippen LogP contribution in [-0.2, 0) is 15.2 Å². The van der Waals surface area contributed by atoms with Crippen LogP contribution in [0.1, 0.15) is 17.5 Å². The molecule has 7 heteroatoms. The Hall–Kier alpha value is -2.90. The highest BCUT2D eigenvalue weighted by atomic mass is 79.9. The Morgan fingerprint density at radius 2 is 2.03 bits per heavy atom. The van der Waals surface area contributed by atoms with E-state index in [1.807, 2.05) is 0 Å². The molecular weight excluding hydrogens is 438 g/mol. The predicted octanol–water partition coefficient (Wildman–Crippen LogP) is 3.57. The lowest BCUT2D eigenvalue weighted by Gasteiger charge is -2.21. The molecule has 1 amide bonds. The molecule has 0 saturated heterocycles. The molecule has 2 heterocycles. The summed E-state index contributed by atoms with van der Waals surface area (Å²) in [6, 6.07) is 10.5. The maximum absolute atomic E-state index is 12.9. The molecule has 29 heavy (non-hydrogen) atoms. The fourth-order valence-electron chi connectivity index (χ4n) is 3.52. The molecule has 0 aromatic heterocycles. The van der Waals surface area contributed by atoms with E-state index in [2.05, 4.69) is 22.5 Å². The number of hydrogen-bond donors (Lipinski definition) is 1. The van der Waals surface area contributed by atoms with E-state index in [0.29, 0.717) is 27.2 Å². The Morgan fingerprint density at radius 3 is 2.83 bits per heavy atom. The summed E-state index contributed by atoms with van der Waals surface area (Å²) < 4.78 is 11.3. The van der Waals surface area contributed by atoms with Crippen molar-refractivity contribution in [3.8, 4) is 11.5 Å². The van der Waals surface area contributed by atoms with Crippen molar-refractivity contribution >= 4 is 39.4 Å². The molecular formula is C22H18BrNO5. The fraction of sp³-hybridized carbons (Fsp3) is 0.182. The number of halogens is 1. The minimum atomic E-state index is -1.92. The zero-order valence-electron chi connectivity index (χ0n) is 15.4. The zero-order chi connectivity index (χ0) is 20.6. The number of carbonyl (C=O) groups excluding carboxylic acids is 2. The Balaban J connectivity index is 1.58. The summed E-state index contributed by atoms with van der Waals surface area (Å²) in [5.74, 6) is 0.368. The first-order valence-electron chi connectivity index (χ1n) is 8.98. The molecule has 1 unspecified atom stereocenters. The van der Waals surface area contributed by atoms with Crippen molar-refractivity contribution in [1.29, 1.82) is 0 Å². The largest absolute Gasteiger partial charge is 0.454 e. The van der Waals surface area contributed by atoms with Gasteiger partial charge in [-0.15, -0.1) is 6.58 Å². The average Bonchev–Trinajstić information content (AvgIpc) is 3.24. The van der Waals surface area contributed by atoms with Crippen LogP contribution in [0.2, 0.25) is 0 Å². The topological polar surface area (TPSA) is 76.1 Å². The van der Waals surface area contributed by atoms with Crippen LogP contribution in [0.15, 0.2) is 59.6 Å². The van der Waals surface area contributed by atoms with E-state index in [9.17, 15) is 14.7 Å². The number of rotatable bonds is 6. The van der Waals surface area contributed by atoms with Crippen molar-refractivity contribution in [3.05, 3.63) is 70.7 Å². The number of ketones is 1. The highest BCUT2D eigenvalue weighted by Crippen LogP contribution is 2.43. The first-order chi connectivity index (χ1) is 13.9. The van der Waals surface area contributed by atoms with Crippen LogP contribution >= 0.6 is 15.9 Å². The van der Waals surface area contributed by atoms with Crippen LogP contribution in [0.4, 0.5) is 5.69 Å². The molecule has 148 valence electrons. The minimum absolute atomic E-state index is 0.173. The monoisotopic (exact) mass is 455 g/mol. The second-order valence-corrected chi connectivity index (χ2v) is 7.73. The molecule has 2 aromatic rings. The van der Waals surface area contributed by atoms with Crippen molar-refractivity contribution in [1.82, 2.24) is 0 Å². The van der Waals surface area contributed by atoms with Gasteiger partial charge >= 0.3 is 0 Å². The lowest BCUT2D eigenvalue weighted by molar-refractivity contribution is -0.140. The van der Waals surface area contributed by atoms with Crippen LogP contribution < -0.4 is 14.4 Å². The number of benzene rings is 2. The molecule has 0 fully saturated rings. The van der Waals surface area contributed by atoms with Crippen molar-refractivity contribution in [2.45, 2.75) is 12.0 Å². The van der Waals surface area contributed by atoms with Gasteiger partial charge in [-0.2, -0.15) is 0 Å². The predicted molar refractivity (Wildman–Crippen MR) is 112 cm³/mol. The average molecular weight is 456 g/mol. The highest BCUT2D eigenvalue weighted by Gasteiger charge is 2.50. The molecule has 2 aliphatic rings. The molecule has 0 saturated carbocycles. The number of aliphatic hydroxyl groups is 1. The van der Waals surface area contributed by atoms with Gasteiger partial charge in [0.2, 0.25) is 6.79 Å². The molecule has 0 bridgehead atoms. The van der Waals surface area contributed by atoms with E-state index < -0.39 is 11.5 Å². The molecule has 1 atom stereocenters. The number of ether oxygens (including phenoxy) is 2. The molecule has 0 radical (unpaired) electrons. The zero-order valence-corrected chi connectivity index (χ0v) is 17.0. The van der Waals surface area contributed by atoms with E-state index >= 15 is 0 Å².